The molecular formula is C45H51Cl2CsN8O5S. The Kier molecular flexibility index (Phi) is 17.1. The van der Waals surface area contributed by atoms with Gasteiger partial charge in [-0.3, -0.25) is 19.3 Å². The number of carbonyl (C=O) groups is 3. The summed E-state index contributed by atoms with van der Waals surface area (Å²) >= 11 is 14.3. The molecule has 62 heavy (non-hydrogen) atoms. The quantitative estimate of drug-likeness (QED) is 0.0934. The number of aryl methyl sites for hydroxylation is 2. The molecule has 0 saturated carbocycles. The van der Waals surface area contributed by atoms with Crippen molar-refractivity contribution in [2.75, 3.05) is 26.1 Å². The molecule has 0 aliphatic carbocycles. The van der Waals surface area contributed by atoms with Crippen molar-refractivity contribution in [3.8, 4) is 22.0 Å². The number of hydrogen-bond acceptors (Lipinski definition) is 10. The summed E-state index contributed by atoms with van der Waals surface area (Å²) in [4.78, 5) is 51.4. The summed E-state index contributed by atoms with van der Waals surface area (Å²) in [6, 6.07) is 14.2. The molecule has 0 radical (unpaired) electrons. The summed E-state index contributed by atoms with van der Waals surface area (Å²) in [7, 11) is 5.06. The fourth-order valence-corrected chi connectivity index (χ4v) is 9.18. The van der Waals surface area contributed by atoms with E-state index in [1.807, 2.05) is 56.7 Å². The predicted molar refractivity (Wildman–Crippen MR) is 245 cm³/mol. The van der Waals surface area contributed by atoms with Crippen LogP contribution < -0.4 is 83.8 Å². The summed E-state index contributed by atoms with van der Waals surface area (Å²) in [5, 5.41) is 24.0. The van der Waals surface area contributed by atoms with Crippen LogP contribution in [0.2, 0.25) is 10.0 Å². The number of thiophene rings is 1. The number of hydrogen-bond donors (Lipinski definition) is 3. The number of carboxylic acid groups (broad SMARTS) is 1. The van der Waals surface area contributed by atoms with Gasteiger partial charge in [0.25, 0.3) is 0 Å². The fraction of sp³-hybridized carbons (Fsp3) is 0.333. The summed E-state index contributed by atoms with van der Waals surface area (Å²) in [5.41, 5.74) is 5.20. The number of benzene rings is 2. The van der Waals surface area contributed by atoms with Gasteiger partial charge in [0.1, 0.15) is 29.0 Å². The number of nitrogens with one attached hydrogen (secondary N) is 2. The maximum absolute atomic E-state index is 13.3. The molecule has 13 nitrogen and oxygen atoms in total. The van der Waals surface area contributed by atoms with E-state index in [1.54, 1.807) is 42.6 Å². The SMILES string of the molecule is CNC(C)(C)CC(C)(C)C(=O)N(C)c1ccc(-c2cc3c(C(=O)O)c[nH]c3cc2Cl)c(OC)n1.Cc1sc2c(c1C)C(c1ccc(Cl)cc1)=NC(CC=O)c1nnc(C)n1-2.[CH3-].[Cs+]. The van der Waals surface area contributed by atoms with Gasteiger partial charge in [-0.05, 0) is 90.0 Å². The molecule has 0 bridgehead atoms. The van der Waals surface area contributed by atoms with Gasteiger partial charge in [-0.25, -0.2) is 4.79 Å². The Bertz CT molecular complexity index is 2650. The van der Waals surface area contributed by atoms with Gasteiger partial charge in [0, 0.05) is 73.7 Å². The molecule has 1 aliphatic heterocycles. The van der Waals surface area contributed by atoms with Crippen LogP contribution in [0.3, 0.4) is 0 Å². The van der Waals surface area contributed by atoms with E-state index < -0.39 is 11.4 Å². The van der Waals surface area contributed by atoms with E-state index in [-0.39, 0.29) is 112 Å². The zero-order valence-electron chi connectivity index (χ0n) is 37.2. The Morgan fingerprint density at radius 1 is 1.05 bits per heavy atom. The van der Waals surface area contributed by atoms with E-state index in [4.69, 9.17) is 32.9 Å². The van der Waals surface area contributed by atoms with Gasteiger partial charge in [0.05, 0.1) is 23.4 Å². The van der Waals surface area contributed by atoms with Gasteiger partial charge in [-0.2, -0.15) is 4.98 Å². The number of carbonyl (C=O) groups excluding carboxylic acids is 2. The minimum Gasteiger partial charge on any atom is -0.480 e. The third kappa shape index (κ3) is 10.4. The predicted octanol–water partition coefficient (Wildman–Crippen LogP) is 6.81. The number of methoxy groups -OCH3 is 1. The molecule has 7 rings (SSSR count). The van der Waals surface area contributed by atoms with Crippen molar-refractivity contribution in [2.24, 2.45) is 10.4 Å². The first-order valence-electron chi connectivity index (χ1n) is 19.2. The number of anilines is 1. The first-order valence-corrected chi connectivity index (χ1v) is 20.8. The fourth-order valence-electron chi connectivity index (χ4n) is 7.58. The number of pyridine rings is 1. The zero-order valence-corrected chi connectivity index (χ0v) is 45.8. The number of aromatic carboxylic acids is 1. The molecule has 1 unspecified atom stereocenters. The maximum Gasteiger partial charge on any atom is 1.00 e. The largest absolute Gasteiger partial charge is 1.00 e. The van der Waals surface area contributed by atoms with Gasteiger partial charge >= 0.3 is 74.9 Å². The van der Waals surface area contributed by atoms with Crippen molar-refractivity contribution in [1.82, 2.24) is 30.0 Å². The first-order chi connectivity index (χ1) is 28.3. The Morgan fingerprint density at radius 3 is 2.34 bits per heavy atom. The van der Waals surface area contributed by atoms with Gasteiger partial charge in [0.2, 0.25) is 11.8 Å². The Hall–Kier alpha value is -3.36. The number of amides is 1. The minimum atomic E-state index is -1.04. The molecule has 0 saturated heterocycles. The Morgan fingerprint density at radius 2 is 1.73 bits per heavy atom. The van der Waals surface area contributed by atoms with Crippen molar-refractivity contribution in [3.05, 3.63) is 111 Å². The standard InChI is InChI=1S/C25H31ClN4O4.C19H17ClN4OS.CH3.Cs/c1-24(2,13-25(3,4)27-5)23(33)30(6)20-9-8-14(21(29-20)34-7)15-10-16-17(22(31)32)12-28-19(16)11-18(15)26;1-10-11(2)26-19-16(10)17(13-4-6-14(20)7-5-13)21-15(8-9-25)18-23-22-12(3)24(18)19;;/h8-12,27-28H,13H2,1-7H3,(H,31,32);4-7,9,15H,8H2,1-3H3;1H3;/q;;-1;+1. The van der Waals surface area contributed by atoms with E-state index in [9.17, 15) is 19.5 Å². The number of ether oxygens (including phenoxy) is 1. The van der Waals surface area contributed by atoms with Crippen molar-refractivity contribution < 1.29 is 93.1 Å². The molecule has 2 aromatic carbocycles. The molecule has 3 N–H and O–H groups in total. The maximum atomic E-state index is 13.3. The van der Waals surface area contributed by atoms with Crippen LogP contribution in [0.4, 0.5) is 5.82 Å². The zero-order chi connectivity index (χ0) is 43.8. The van der Waals surface area contributed by atoms with Gasteiger partial charge in [-0.15, -0.1) is 21.5 Å². The molecule has 0 fully saturated rings. The van der Waals surface area contributed by atoms with Crippen LogP contribution in [0, 0.1) is 33.6 Å². The summed E-state index contributed by atoms with van der Waals surface area (Å²) in [6.07, 6.45) is 3.22. The molecule has 1 aliphatic rings. The molecule has 4 aromatic heterocycles. The van der Waals surface area contributed by atoms with E-state index in [1.165, 1.54) is 28.6 Å². The average Bonchev–Trinajstić information content (AvgIpc) is 3.86. The molecule has 17 heteroatoms. The second-order valence-corrected chi connectivity index (χ2v) is 18.0. The van der Waals surface area contributed by atoms with Crippen molar-refractivity contribution in [1.29, 1.82) is 0 Å². The molecule has 0 spiro atoms. The third-order valence-corrected chi connectivity index (χ3v) is 12.6. The van der Waals surface area contributed by atoms with Crippen LogP contribution in [0.1, 0.15) is 90.2 Å². The van der Waals surface area contributed by atoms with Gasteiger partial charge in [-0.1, -0.05) is 49.2 Å². The number of carboxylic acids is 1. The third-order valence-electron chi connectivity index (χ3n) is 10.8. The number of H-pyrrole nitrogens is 1. The van der Waals surface area contributed by atoms with Crippen molar-refractivity contribution >= 4 is 75.1 Å². The van der Waals surface area contributed by atoms with Gasteiger partial charge in [0.15, 0.2) is 5.82 Å². The Balaban J connectivity index is 0.000000272. The second kappa shape index (κ2) is 20.6. The van der Waals surface area contributed by atoms with E-state index in [0.717, 1.165) is 34.0 Å². The molecule has 5 heterocycles. The topological polar surface area (TPSA) is 168 Å². The number of fused-ring (bicyclic) bond motifs is 4. The van der Waals surface area contributed by atoms with Crippen LogP contribution in [-0.4, -0.2) is 80.5 Å². The molecular weight excluding hydrogens is 968 g/mol. The molecule has 1 atom stereocenters. The summed E-state index contributed by atoms with van der Waals surface area (Å²) in [5.74, 6) is 1.11. The van der Waals surface area contributed by atoms with Crippen molar-refractivity contribution in [3.63, 3.8) is 0 Å². The number of aromatic nitrogens is 5. The number of aliphatic imine (C=N–C) groups is 1. The van der Waals surface area contributed by atoms with E-state index in [2.05, 4.69) is 53.2 Å². The number of nitrogens with zero attached hydrogens (tertiary/aromatic N) is 6. The monoisotopic (exact) mass is 1020 g/mol. The van der Waals surface area contributed by atoms with Crippen LogP contribution in [-0.2, 0) is 9.59 Å². The number of halogens is 2. The normalized spacial score (nSPS) is 13.3. The smallest absolute Gasteiger partial charge is 0.480 e. The number of rotatable bonds is 11. The van der Waals surface area contributed by atoms with Crippen LogP contribution in [0.15, 0.2) is 59.7 Å². The van der Waals surface area contributed by atoms with Crippen LogP contribution in [0.5, 0.6) is 5.88 Å². The number of aromatic amines is 1. The first kappa shape index (κ1) is 51.3. The molecule has 6 aromatic rings. The van der Waals surface area contributed by atoms with E-state index >= 15 is 0 Å². The molecule has 322 valence electrons. The van der Waals surface area contributed by atoms with Gasteiger partial charge < -0.3 is 32.4 Å². The van der Waals surface area contributed by atoms with E-state index in [0.29, 0.717) is 50.1 Å². The second-order valence-electron chi connectivity index (χ2n) is 16.0. The summed E-state index contributed by atoms with van der Waals surface area (Å²) < 4.78 is 7.58. The van der Waals surface area contributed by atoms with Crippen LogP contribution >= 0.6 is 34.5 Å². The average molecular weight is 1020 g/mol. The van der Waals surface area contributed by atoms with Crippen molar-refractivity contribution in [2.45, 2.75) is 72.9 Å². The Labute approximate surface area is 435 Å². The summed E-state index contributed by atoms with van der Waals surface area (Å²) in [6.45, 7) is 14.1. The molecule has 1 amide bonds. The minimum absolute atomic E-state index is 0. The van der Waals surface area contributed by atoms with Crippen LogP contribution in [0.25, 0.3) is 27.0 Å². The number of aldehydes is 1.